The molecule has 2 aromatic rings. The van der Waals surface area contributed by atoms with Crippen molar-refractivity contribution in [1.29, 1.82) is 0 Å². The second kappa shape index (κ2) is 5.65. The quantitative estimate of drug-likeness (QED) is 0.875. The number of alkyl halides is 3. The first-order valence-corrected chi connectivity index (χ1v) is 7.58. The van der Waals surface area contributed by atoms with Gasteiger partial charge in [-0.05, 0) is 24.6 Å². The van der Waals surface area contributed by atoms with Crippen LogP contribution < -0.4 is 4.74 Å². The Balaban J connectivity index is 2.23. The fraction of sp³-hybridized carbons (Fsp3) is 0.294. The number of benzene rings is 2. The molecule has 128 valence electrons. The first-order valence-electron chi connectivity index (χ1n) is 7.20. The molecule has 2 aromatic carbocycles. The van der Waals surface area contributed by atoms with Crippen LogP contribution in [0, 0.1) is 0 Å². The summed E-state index contributed by atoms with van der Waals surface area (Å²) in [5.74, 6) is 0.0510. The molecular weight excluding hydrogens is 345 g/mol. The SMILES string of the molecule is C[C@@H](O)COc1cc(Cl)c2c(c1)[C@@](O)(C(F)(F)F)c1ccccc1-2. The Kier molecular flexibility index (Phi) is 4.02. The highest BCUT2D eigenvalue weighted by molar-refractivity contribution is 6.34. The van der Waals surface area contributed by atoms with Crippen LogP contribution in [-0.4, -0.2) is 29.1 Å². The van der Waals surface area contributed by atoms with E-state index in [1.54, 1.807) is 6.07 Å². The minimum absolute atomic E-state index is 0.0423. The highest BCUT2D eigenvalue weighted by atomic mass is 35.5. The number of aliphatic hydroxyl groups excluding tert-OH is 1. The molecular formula is C17H14ClF3O3. The number of hydrogen-bond acceptors (Lipinski definition) is 3. The molecule has 0 amide bonds. The van der Waals surface area contributed by atoms with E-state index >= 15 is 0 Å². The fourth-order valence-electron chi connectivity index (χ4n) is 2.91. The largest absolute Gasteiger partial charge is 0.491 e. The molecule has 0 bridgehead atoms. The van der Waals surface area contributed by atoms with E-state index in [1.807, 2.05) is 0 Å². The summed E-state index contributed by atoms with van der Waals surface area (Å²) < 4.78 is 46.4. The third kappa shape index (κ3) is 2.46. The van der Waals surface area contributed by atoms with E-state index in [1.165, 1.54) is 31.2 Å². The summed E-state index contributed by atoms with van der Waals surface area (Å²) in [6.45, 7) is 1.38. The molecule has 24 heavy (non-hydrogen) atoms. The Hall–Kier alpha value is -1.76. The van der Waals surface area contributed by atoms with Crippen LogP contribution in [0.2, 0.25) is 5.02 Å². The lowest BCUT2D eigenvalue weighted by atomic mass is 9.90. The molecule has 0 unspecified atom stereocenters. The van der Waals surface area contributed by atoms with Crippen LogP contribution in [0.25, 0.3) is 11.1 Å². The molecule has 0 radical (unpaired) electrons. The molecule has 1 aliphatic carbocycles. The third-order valence-corrected chi connectivity index (χ3v) is 4.24. The lowest BCUT2D eigenvalue weighted by Crippen LogP contribution is -2.41. The zero-order valence-corrected chi connectivity index (χ0v) is 13.3. The maximum absolute atomic E-state index is 13.7. The van der Waals surface area contributed by atoms with Gasteiger partial charge in [0.25, 0.3) is 0 Å². The van der Waals surface area contributed by atoms with Gasteiger partial charge >= 0.3 is 6.18 Å². The standard InChI is InChI=1S/C17H14ClF3O3/c1-9(22)8-24-10-6-13-15(14(18)7-10)11-4-2-3-5-12(11)16(13,23)17(19,20)21/h2-7,9,22-23H,8H2,1H3/t9-,16-/m1/s1. The van der Waals surface area contributed by atoms with Crippen molar-refractivity contribution in [3.05, 3.63) is 52.5 Å². The van der Waals surface area contributed by atoms with Crippen molar-refractivity contribution in [2.24, 2.45) is 0 Å². The smallest absolute Gasteiger partial charge is 0.425 e. The number of rotatable bonds is 3. The minimum atomic E-state index is -4.93. The summed E-state index contributed by atoms with van der Waals surface area (Å²) in [5, 5.41) is 19.9. The third-order valence-electron chi connectivity index (χ3n) is 3.94. The Morgan fingerprint density at radius 3 is 2.50 bits per heavy atom. The van der Waals surface area contributed by atoms with Crippen molar-refractivity contribution in [3.8, 4) is 16.9 Å². The normalized spacial score (nSPS) is 20.5. The van der Waals surface area contributed by atoms with Crippen LogP contribution in [0.3, 0.4) is 0 Å². The van der Waals surface area contributed by atoms with Crippen molar-refractivity contribution in [3.63, 3.8) is 0 Å². The maximum Gasteiger partial charge on any atom is 0.425 e. The van der Waals surface area contributed by atoms with Gasteiger partial charge in [-0.15, -0.1) is 0 Å². The highest BCUT2D eigenvalue weighted by Gasteiger charge is 2.61. The van der Waals surface area contributed by atoms with Gasteiger partial charge in [-0.2, -0.15) is 13.2 Å². The van der Waals surface area contributed by atoms with Crippen molar-refractivity contribution in [1.82, 2.24) is 0 Å². The zero-order chi connectivity index (χ0) is 17.7. The monoisotopic (exact) mass is 358 g/mol. The van der Waals surface area contributed by atoms with Crippen molar-refractivity contribution in [2.45, 2.75) is 24.8 Å². The fourth-order valence-corrected chi connectivity index (χ4v) is 3.22. The average Bonchev–Trinajstić information content (AvgIpc) is 2.76. The van der Waals surface area contributed by atoms with Gasteiger partial charge in [0, 0.05) is 16.7 Å². The van der Waals surface area contributed by atoms with E-state index in [-0.39, 0.29) is 39.6 Å². The van der Waals surface area contributed by atoms with Gasteiger partial charge in [0.15, 0.2) is 0 Å². The van der Waals surface area contributed by atoms with E-state index in [2.05, 4.69) is 0 Å². The lowest BCUT2D eigenvalue weighted by molar-refractivity contribution is -0.246. The molecule has 0 heterocycles. The topological polar surface area (TPSA) is 49.7 Å². The highest BCUT2D eigenvalue weighted by Crippen LogP contribution is 2.57. The number of hydrogen-bond donors (Lipinski definition) is 2. The average molecular weight is 359 g/mol. The van der Waals surface area contributed by atoms with E-state index in [9.17, 15) is 23.4 Å². The molecule has 0 aromatic heterocycles. The minimum Gasteiger partial charge on any atom is -0.491 e. The van der Waals surface area contributed by atoms with Gasteiger partial charge < -0.3 is 14.9 Å². The first-order chi connectivity index (χ1) is 11.2. The Bertz CT molecular complexity index is 789. The van der Waals surface area contributed by atoms with Crippen molar-refractivity contribution < 1.29 is 28.1 Å². The van der Waals surface area contributed by atoms with Gasteiger partial charge in [-0.25, -0.2) is 0 Å². The second-order valence-corrected chi connectivity index (χ2v) is 6.15. The summed E-state index contributed by atoms with van der Waals surface area (Å²) >= 11 is 6.17. The van der Waals surface area contributed by atoms with Gasteiger partial charge in [-0.3, -0.25) is 0 Å². The summed E-state index contributed by atoms with van der Waals surface area (Å²) in [6, 6.07) is 8.23. The predicted octanol–water partition coefficient (Wildman–Crippen LogP) is 3.88. The zero-order valence-electron chi connectivity index (χ0n) is 12.6. The molecule has 0 spiro atoms. The molecule has 0 fully saturated rings. The number of ether oxygens (including phenoxy) is 1. The predicted molar refractivity (Wildman–Crippen MR) is 83.1 cm³/mol. The van der Waals surface area contributed by atoms with E-state index < -0.39 is 17.9 Å². The molecule has 7 heteroatoms. The molecule has 0 saturated carbocycles. The number of fused-ring (bicyclic) bond motifs is 3. The molecule has 0 aliphatic heterocycles. The number of halogens is 4. The van der Waals surface area contributed by atoms with Crippen LogP contribution in [0.15, 0.2) is 36.4 Å². The van der Waals surface area contributed by atoms with Crippen LogP contribution in [0.4, 0.5) is 13.2 Å². The Labute approximate surface area is 141 Å². The molecule has 2 atom stereocenters. The summed E-state index contributed by atoms with van der Waals surface area (Å²) in [6.07, 6.45) is -5.73. The van der Waals surface area contributed by atoms with Gasteiger partial charge in [-0.1, -0.05) is 35.9 Å². The molecule has 0 saturated heterocycles. The van der Waals surface area contributed by atoms with E-state index in [0.29, 0.717) is 0 Å². The van der Waals surface area contributed by atoms with Crippen LogP contribution in [0.5, 0.6) is 5.75 Å². The summed E-state index contributed by atoms with van der Waals surface area (Å²) in [4.78, 5) is 0. The lowest BCUT2D eigenvalue weighted by Gasteiger charge is -2.28. The van der Waals surface area contributed by atoms with Gasteiger partial charge in [0.2, 0.25) is 5.60 Å². The Morgan fingerprint density at radius 1 is 1.21 bits per heavy atom. The van der Waals surface area contributed by atoms with Gasteiger partial charge in [0.1, 0.15) is 12.4 Å². The maximum atomic E-state index is 13.7. The molecule has 3 nitrogen and oxygen atoms in total. The van der Waals surface area contributed by atoms with Gasteiger partial charge in [0.05, 0.1) is 11.1 Å². The molecule has 2 N–H and O–H groups in total. The first kappa shape index (κ1) is 17.1. The van der Waals surface area contributed by atoms with Crippen LogP contribution >= 0.6 is 11.6 Å². The van der Waals surface area contributed by atoms with Crippen molar-refractivity contribution in [2.75, 3.05) is 6.61 Å². The molecule has 1 aliphatic rings. The van der Waals surface area contributed by atoms with Crippen molar-refractivity contribution >= 4 is 11.6 Å². The summed E-state index contributed by atoms with van der Waals surface area (Å²) in [7, 11) is 0. The molecule has 3 rings (SSSR count). The van der Waals surface area contributed by atoms with Crippen LogP contribution in [0.1, 0.15) is 18.1 Å². The van der Waals surface area contributed by atoms with E-state index in [0.717, 1.165) is 6.07 Å². The van der Waals surface area contributed by atoms with Crippen LogP contribution in [-0.2, 0) is 5.60 Å². The number of aliphatic hydroxyl groups is 2. The second-order valence-electron chi connectivity index (χ2n) is 5.74. The summed E-state index contributed by atoms with van der Waals surface area (Å²) in [5.41, 5.74) is -3.42. The Morgan fingerprint density at radius 2 is 1.88 bits per heavy atom. The van der Waals surface area contributed by atoms with E-state index in [4.69, 9.17) is 16.3 Å².